The highest BCUT2D eigenvalue weighted by atomic mass is 16.6. The Bertz CT molecular complexity index is 545. The summed E-state index contributed by atoms with van der Waals surface area (Å²) in [4.78, 5) is 22.4. The molecule has 2 unspecified atom stereocenters. The number of nitro groups is 1. The molecule has 2 rings (SSSR count). The van der Waals surface area contributed by atoms with Crippen LogP contribution in [0.1, 0.15) is 43.0 Å². The number of nitro benzene ring substituents is 1. The summed E-state index contributed by atoms with van der Waals surface area (Å²) in [5, 5.41) is 13.6. The molecule has 6 nitrogen and oxygen atoms in total. The number of carbonyl (C=O) groups is 1. The van der Waals surface area contributed by atoms with Crippen LogP contribution in [-0.2, 0) is 0 Å². The van der Waals surface area contributed by atoms with Gasteiger partial charge in [-0.2, -0.15) is 0 Å². The molecule has 1 aliphatic carbocycles. The molecule has 1 aliphatic rings. The van der Waals surface area contributed by atoms with Gasteiger partial charge in [0.15, 0.2) is 0 Å². The van der Waals surface area contributed by atoms with Gasteiger partial charge in [0.05, 0.1) is 10.5 Å². The predicted octanol–water partition coefficient (Wildman–Crippen LogP) is 2.73. The SMILES string of the molecule is CC1CCCC(CNC(=O)c2cc([N+](=O)[O-])ccc2N)C1. The second-order valence-electron chi connectivity index (χ2n) is 5.88. The van der Waals surface area contributed by atoms with Gasteiger partial charge in [-0.15, -0.1) is 0 Å². The molecule has 3 N–H and O–H groups in total. The largest absolute Gasteiger partial charge is 0.398 e. The molecule has 1 amide bonds. The average Bonchev–Trinajstić information content (AvgIpc) is 2.45. The van der Waals surface area contributed by atoms with Gasteiger partial charge in [0, 0.05) is 24.4 Å². The summed E-state index contributed by atoms with van der Waals surface area (Å²) in [6.45, 7) is 2.83. The first kappa shape index (κ1) is 15.3. The number of hydrogen-bond acceptors (Lipinski definition) is 4. The third-order valence-corrected chi connectivity index (χ3v) is 4.09. The number of anilines is 1. The smallest absolute Gasteiger partial charge is 0.270 e. The average molecular weight is 291 g/mol. The van der Waals surface area contributed by atoms with E-state index in [9.17, 15) is 14.9 Å². The first-order chi connectivity index (χ1) is 9.97. The maximum absolute atomic E-state index is 12.2. The van der Waals surface area contributed by atoms with Gasteiger partial charge >= 0.3 is 0 Å². The van der Waals surface area contributed by atoms with Crippen molar-refractivity contribution in [3.63, 3.8) is 0 Å². The maximum Gasteiger partial charge on any atom is 0.270 e. The van der Waals surface area contributed by atoms with Crippen molar-refractivity contribution in [2.45, 2.75) is 32.6 Å². The van der Waals surface area contributed by atoms with Crippen LogP contribution in [0.15, 0.2) is 18.2 Å². The minimum atomic E-state index is -0.529. The summed E-state index contributed by atoms with van der Waals surface area (Å²) in [5.41, 5.74) is 6.05. The summed E-state index contributed by atoms with van der Waals surface area (Å²) in [6, 6.07) is 3.93. The van der Waals surface area contributed by atoms with Gasteiger partial charge in [0.1, 0.15) is 0 Å². The van der Waals surface area contributed by atoms with Crippen LogP contribution in [0.4, 0.5) is 11.4 Å². The second kappa shape index (κ2) is 6.56. The first-order valence-electron chi connectivity index (χ1n) is 7.29. The molecule has 0 aromatic heterocycles. The zero-order valence-electron chi connectivity index (χ0n) is 12.2. The number of carbonyl (C=O) groups excluding carboxylic acids is 1. The van der Waals surface area contributed by atoms with Crippen molar-refractivity contribution in [2.24, 2.45) is 11.8 Å². The van der Waals surface area contributed by atoms with Crippen molar-refractivity contribution in [3.05, 3.63) is 33.9 Å². The normalized spacial score (nSPS) is 21.8. The van der Waals surface area contributed by atoms with Gasteiger partial charge in [0.2, 0.25) is 0 Å². The fourth-order valence-electron chi connectivity index (χ4n) is 2.93. The molecule has 0 saturated heterocycles. The monoisotopic (exact) mass is 291 g/mol. The Morgan fingerprint density at radius 2 is 2.24 bits per heavy atom. The Labute approximate surface area is 123 Å². The molecule has 6 heteroatoms. The Hall–Kier alpha value is -2.11. The number of rotatable bonds is 4. The highest BCUT2D eigenvalue weighted by Gasteiger charge is 2.21. The van der Waals surface area contributed by atoms with E-state index in [4.69, 9.17) is 5.73 Å². The molecule has 114 valence electrons. The van der Waals surface area contributed by atoms with Crippen LogP contribution in [-0.4, -0.2) is 17.4 Å². The van der Waals surface area contributed by atoms with Crippen molar-refractivity contribution in [1.82, 2.24) is 5.32 Å². The van der Waals surface area contributed by atoms with Crippen molar-refractivity contribution >= 4 is 17.3 Å². The van der Waals surface area contributed by atoms with Crippen molar-refractivity contribution in [2.75, 3.05) is 12.3 Å². The fraction of sp³-hybridized carbons (Fsp3) is 0.533. The molecule has 0 bridgehead atoms. The lowest BCUT2D eigenvalue weighted by molar-refractivity contribution is -0.384. The minimum Gasteiger partial charge on any atom is -0.398 e. The number of benzene rings is 1. The Morgan fingerprint density at radius 3 is 2.90 bits per heavy atom. The molecule has 0 radical (unpaired) electrons. The first-order valence-corrected chi connectivity index (χ1v) is 7.29. The summed E-state index contributed by atoms with van der Waals surface area (Å²) < 4.78 is 0. The topological polar surface area (TPSA) is 98.3 Å². The van der Waals surface area contributed by atoms with Crippen molar-refractivity contribution in [3.8, 4) is 0 Å². The molecule has 1 saturated carbocycles. The number of nitrogen functional groups attached to an aromatic ring is 1. The van der Waals surface area contributed by atoms with E-state index in [1.807, 2.05) is 0 Å². The van der Waals surface area contributed by atoms with Crippen molar-refractivity contribution < 1.29 is 9.72 Å². The van der Waals surface area contributed by atoms with Crippen LogP contribution in [0.3, 0.4) is 0 Å². The summed E-state index contributed by atoms with van der Waals surface area (Å²) in [7, 11) is 0. The Kier molecular flexibility index (Phi) is 4.77. The van der Waals surface area contributed by atoms with E-state index in [0.717, 1.165) is 12.8 Å². The molecular formula is C15H21N3O3. The molecular weight excluding hydrogens is 270 g/mol. The highest BCUT2D eigenvalue weighted by molar-refractivity contribution is 5.99. The molecule has 1 fully saturated rings. The number of hydrogen-bond donors (Lipinski definition) is 2. The van der Waals surface area contributed by atoms with E-state index in [1.165, 1.54) is 31.0 Å². The number of nitrogens with zero attached hydrogens (tertiary/aromatic N) is 1. The summed E-state index contributed by atoms with van der Waals surface area (Å²) >= 11 is 0. The quantitative estimate of drug-likeness (QED) is 0.506. The zero-order chi connectivity index (χ0) is 15.4. The second-order valence-corrected chi connectivity index (χ2v) is 5.88. The van der Waals surface area contributed by atoms with Crippen LogP contribution < -0.4 is 11.1 Å². The lowest BCUT2D eigenvalue weighted by Crippen LogP contribution is -2.31. The van der Waals surface area contributed by atoms with Gasteiger partial charge < -0.3 is 11.1 Å². The maximum atomic E-state index is 12.2. The Morgan fingerprint density at radius 1 is 1.48 bits per heavy atom. The summed E-state index contributed by atoms with van der Waals surface area (Å²) in [6.07, 6.45) is 4.68. The Balaban J connectivity index is 1.99. The predicted molar refractivity (Wildman–Crippen MR) is 81.0 cm³/mol. The number of amides is 1. The van der Waals surface area contributed by atoms with Crippen LogP contribution in [0.2, 0.25) is 0 Å². The van der Waals surface area contributed by atoms with Gasteiger partial charge in [-0.05, 0) is 30.7 Å². The molecule has 0 aliphatic heterocycles. The van der Waals surface area contributed by atoms with Gasteiger partial charge in [0.25, 0.3) is 11.6 Å². The van der Waals surface area contributed by atoms with E-state index < -0.39 is 4.92 Å². The van der Waals surface area contributed by atoms with Crippen LogP contribution in [0, 0.1) is 22.0 Å². The van der Waals surface area contributed by atoms with Gasteiger partial charge in [-0.3, -0.25) is 14.9 Å². The molecule has 0 heterocycles. The molecule has 1 aromatic carbocycles. The lowest BCUT2D eigenvalue weighted by atomic mass is 9.82. The lowest BCUT2D eigenvalue weighted by Gasteiger charge is -2.26. The molecule has 21 heavy (non-hydrogen) atoms. The highest BCUT2D eigenvalue weighted by Crippen LogP contribution is 2.28. The molecule has 2 atom stereocenters. The van der Waals surface area contributed by atoms with E-state index >= 15 is 0 Å². The number of nitrogens with two attached hydrogens (primary N) is 1. The zero-order valence-corrected chi connectivity index (χ0v) is 12.2. The van der Waals surface area contributed by atoms with Crippen LogP contribution in [0.25, 0.3) is 0 Å². The van der Waals surface area contributed by atoms with Gasteiger partial charge in [-0.25, -0.2) is 0 Å². The van der Waals surface area contributed by atoms with E-state index in [2.05, 4.69) is 12.2 Å². The van der Waals surface area contributed by atoms with Crippen molar-refractivity contribution in [1.29, 1.82) is 0 Å². The number of nitrogens with one attached hydrogen (secondary N) is 1. The van der Waals surface area contributed by atoms with Crippen LogP contribution >= 0.6 is 0 Å². The molecule has 0 spiro atoms. The fourth-order valence-corrected chi connectivity index (χ4v) is 2.93. The van der Waals surface area contributed by atoms with Crippen LogP contribution in [0.5, 0.6) is 0 Å². The van der Waals surface area contributed by atoms with E-state index in [0.29, 0.717) is 18.4 Å². The van der Waals surface area contributed by atoms with E-state index in [1.54, 1.807) is 0 Å². The third-order valence-electron chi connectivity index (χ3n) is 4.09. The minimum absolute atomic E-state index is 0.124. The molecule has 1 aromatic rings. The van der Waals surface area contributed by atoms with E-state index in [-0.39, 0.29) is 22.8 Å². The third kappa shape index (κ3) is 3.93. The van der Waals surface area contributed by atoms with Gasteiger partial charge in [-0.1, -0.05) is 19.8 Å². The number of non-ortho nitro benzene ring substituents is 1. The summed E-state index contributed by atoms with van der Waals surface area (Å²) in [5.74, 6) is 0.843. The standard InChI is InChI=1S/C15H21N3O3/c1-10-3-2-4-11(7-10)9-17-15(19)13-8-12(18(20)21)5-6-14(13)16/h5-6,8,10-11H,2-4,7,9,16H2,1H3,(H,17,19).